The van der Waals surface area contributed by atoms with E-state index in [2.05, 4.69) is 58.3 Å². The van der Waals surface area contributed by atoms with Gasteiger partial charge in [0, 0.05) is 31.2 Å². The number of hydrogen-bond donors (Lipinski definition) is 1. The predicted octanol–water partition coefficient (Wildman–Crippen LogP) is 4.46. The lowest BCUT2D eigenvalue weighted by Crippen LogP contribution is -2.45. The number of benzene rings is 2. The van der Waals surface area contributed by atoms with E-state index >= 15 is 0 Å². The minimum Gasteiger partial charge on any atom is -0.481 e. The molecule has 1 aliphatic carbocycles. The molecule has 2 aliphatic heterocycles. The molecule has 0 unspecified atom stereocenters. The summed E-state index contributed by atoms with van der Waals surface area (Å²) in [6.07, 6.45) is 4.27. The number of anilines is 1. The van der Waals surface area contributed by atoms with Gasteiger partial charge in [-0.1, -0.05) is 36.4 Å². The van der Waals surface area contributed by atoms with Gasteiger partial charge in [-0.05, 0) is 73.5 Å². The zero-order chi connectivity index (χ0) is 19.8. The van der Waals surface area contributed by atoms with Crippen LogP contribution in [0.15, 0.2) is 48.5 Å². The summed E-state index contributed by atoms with van der Waals surface area (Å²) < 4.78 is 0. The van der Waals surface area contributed by atoms with Gasteiger partial charge in [-0.25, -0.2) is 0 Å². The van der Waals surface area contributed by atoms with E-state index in [4.69, 9.17) is 5.11 Å². The SMILES string of the molecule is O=C(O)C1CCN(Cc2ccc(C3CN(c4ccc(C5CC5)cc4)C3)cc2)CC1. The van der Waals surface area contributed by atoms with Gasteiger partial charge < -0.3 is 10.0 Å². The van der Waals surface area contributed by atoms with E-state index in [1.165, 1.54) is 35.2 Å². The third-order valence-corrected chi connectivity index (χ3v) is 6.98. The second-order valence-corrected chi connectivity index (χ2v) is 9.10. The zero-order valence-electron chi connectivity index (χ0n) is 17.0. The molecule has 152 valence electrons. The quantitative estimate of drug-likeness (QED) is 0.791. The lowest BCUT2D eigenvalue weighted by molar-refractivity contribution is -0.143. The lowest BCUT2D eigenvalue weighted by atomic mass is 9.90. The average molecular weight is 391 g/mol. The van der Waals surface area contributed by atoms with Crippen molar-refractivity contribution in [3.8, 4) is 0 Å². The molecule has 0 amide bonds. The van der Waals surface area contributed by atoms with Gasteiger partial charge in [0.2, 0.25) is 0 Å². The molecule has 2 heterocycles. The van der Waals surface area contributed by atoms with Crippen LogP contribution in [0.2, 0.25) is 0 Å². The molecule has 0 aromatic heterocycles. The van der Waals surface area contributed by atoms with Crippen molar-refractivity contribution in [2.24, 2.45) is 5.92 Å². The maximum atomic E-state index is 11.1. The van der Waals surface area contributed by atoms with E-state index in [1.807, 2.05) is 0 Å². The van der Waals surface area contributed by atoms with Crippen LogP contribution in [0.4, 0.5) is 5.69 Å². The van der Waals surface area contributed by atoms with Crippen LogP contribution in [0.3, 0.4) is 0 Å². The molecule has 0 atom stereocenters. The molecule has 0 radical (unpaired) electrons. The normalized spacial score (nSPS) is 21.2. The zero-order valence-corrected chi connectivity index (χ0v) is 17.0. The number of nitrogens with zero attached hydrogens (tertiary/aromatic N) is 2. The van der Waals surface area contributed by atoms with Crippen LogP contribution in [-0.2, 0) is 11.3 Å². The molecule has 2 aromatic carbocycles. The van der Waals surface area contributed by atoms with Crippen LogP contribution < -0.4 is 4.90 Å². The number of likely N-dealkylation sites (tertiary alicyclic amines) is 1. The van der Waals surface area contributed by atoms with Crippen molar-refractivity contribution >= 4 is 11.7 Å². The van der Waals surface area contributed by atoms with Crippen LogP contribution in [0, 0.1) is 5.92 Å². The van der Waals surface area contributed by atoms with E-state index in [0.29, 0.717) is 5.92 Å². The second kappa shape index (κ2) is 7.83. The topological polar surface area (TPSA) is 43.8 Å². The highest BCUT2D eigenvalue weighted by molar-refractivity contribution is 5.70. The number of aliphatic carboxylic acids is 1. The Morgan fingerprint density at radius 1 is 0.828 bits per heavy atom. The van der Waals surface area contributed by atoms with Crippen molar-refractivity contribution in [2.75, 3.05) is 31.1 Å². The van der Waals surface area contributed by atoms with Gasteiger partial charge in [0.05, 0.1) is 5.92 Å². The lowest BCUT2D eigenvalue weighted by Gasteiger charge is -2.41. The van der Waals surface area contributed by atoms with Crippen molar-refractivity contribution in [3.05, 3.63) is 65.2 Å². The summed E-state index contributed by atoms with van der Waals surface area (Å²) in [5, 5.41) is 9.13. The van der Waals surface area contributed by atoms with Crippen LogP contribution >= 0.6 is 0 Å². The third-order valence-electron chi connectivity index (χ3n) is 6.98. The summed E-state index contributed by atoms with van der Waals surface area (Å²) in [6.45, 7) is 4.90. The molecule has 4 nitrogen and oxygen atoms in total. The summed E-state index contributed by atoms with van der Waals surface area (Å²) in [7, 11) is 0. The molecule has 3 fully saturated rings. The number of piperidine rings is 1. The van der Waals surface area contributed by atoms with Crippen LogP contribution in [0.1, 0.15) is 54.2 Å². The maximum absolute atomic E-state index is 11.1. The minimum absolute atomic E-state index is 0.153. The van der Waals surface area contributed by atoms with Gasteiger partial charge in [0.1, 0.15) is 0 Å². The predicted molar refractivity (Wildman–Crippen MR) is 115 cm³/mol. The fraction of sp³-hybridized carbons (Fsp3) is 0.480. The van der Waals surface area contributed by atoms with Gasteiger partial charge in [-0.3, -0.25) is 9.69 Å². The van der Waals surface area contributed by atoms with Crippen molar-refractivity contribution in [3.63, 3.8) is 0 Å². The molecule has 5 rings (SSSR count). The fourth-order valence-electron chi connectivity index (χ4n) is 4.77. The Bertz CT molecular complexity index is 843. The van der Waals surface area contributed by atoms with E-state index in [1.54, 1.807) is 0 Å². The summed E-state index contributed by atoms with van der Waals surface area (Å²) in [5.74, 6) is 0.663. The van der Waals surface area contributed by atoms with Gasteiger partial charge >= 0.3 is 5.97 Å². The van der Waals surface area contributed by atoms with Crippen molar-refractivity contribution in [2.45, 2.75) is 44.1 Å². The first kappa shape index (κ1) is 18.7. The Morgan fingerprint density at radius 3 is 2.00 bits per heavy atom. The number of rotatable bonds is 6. The van der Waals surface area contributed by atoms with Crippen molar-refractivity contribution in [1.29, 1.82) is 0 Å². The van der Waals surface area contributed by atoms with E-state index in [0.717, 1.165) is 51.5 Å². The molecule has 1 saturated carbocycles. The Morgan fingerprint density at radius 2 is 1.41 bits per heavy atom. The van der Waals surface area contributed by atoms with E-state index < -0.39 is 5.97 Å². The second-order valence-electron chi connectivity index (χ2n) is 9.10. The fourth-order valence-corrected chi connectivity index (χ4v) is 4.77. The van der Waals surface area contributed by atoms with Crippen molar-refractivity contribution < 1.29 is 9.90 Å². The van der Waals surface area contributed by atoms with E-state index in [-0.39, 0.29) is 5.92 Å². The molecule has 3 aliphatic rings. The molecule has 2 aromatic rings. The van der Waals surface area contributed by atoms with Gasteiger partial charge in [-0.2, -0.15) is 0 Å². The van der Waals surface area contributed by atoms with Crippen molar-refractivity contribution in [1.82, 2.24) is 4.90 Å². The molecule has 4 heteroatoms. The number of carboxylic acid groups (broad SMARTS) is 1. The highest BCUT2D eigenvalue weighted by Gasteiger charge is 2.29. The largest absolute Gasteiger partial charge is 0.481 e. The summed E-state index contributed by atoms with van der Waals surface area (Å²) in [4.78, 5) is 15.9. The third kappa shape index (κ3) is 4.18. The smallest absolute Gasteiger partial charge is 0.306 e. The van der Waals surface area contributed by atoms with Gasteiger partial charge in [0.15, 0.2) is 0 Å². The molecule has 0 bridgehead atoms. The molecule has 29 heavy (non-hydrogen) atoms. The highest BCUT2D eigenvalue weighted by atomic mass is 16.4. The molecular formula is C25H30N2O2. The Hall–Kier alpha value is -2.33. The van der Waals surface area contributed by atoms with Crippen LogP contribution in [0.5, 0.6) is 0 Å². The summed E-state index contributed by atoms with van der Waals surface area (Å²) >= 11 is 0. The first-order chi connectivity index (χ1) is 14.2. The Balaban J connectivity index is 1.11. The Labute approximate surface area is 173 Å². The number of carboxylic acids is 1. The average Bonchev–Trinajstić information content (AvgIpc) is 3.54. The maximum Gasteiger partial charge on any atom is 0.306 e. The van der Waals surface area contributed by atoms with Crippen LogP contribution in [-0.4, -0.2) is 42.2 Å². The summed E-state index contributed by atoms with van der Waals surface area (Å²) in [5.41, 5.74) is 5.62. The molecule has 2 saturated heterocycles. The van der Waals surface area contributed by atoms with Crippen LogP contribution in [0.25, 0.3) is 0 Å². The Kier molecular flexibility index (Phi) is 5.04. The highest BCUT2D eigenvalue weighted by Crippen LogP contribution is 2.41. The van der Waals surface area contributed by atoms with Gasteiger partial charge in [-0.15, -0.1) is 0 Å². The standard InChI is InChI=1S/C25H30N2O2/c28-25(29)22-11-13-26(14-12-22)15-18-1-3-21(4-2-18)23-16-27(17-23)24-9-7-20(8-10-24)19-5-6-19/h1-4,7-10,19,22-23H,5-6,11-17H2,(H,28,29). The minimum atomic E-state index is -0.637. The first-order valence-electron chi connectivity index (χ1n) is 11.0. The monoisotopic (exact) mass is 390 g/mol. The molecule has 1 N–H and O–H groups in total. The number of carbonyl (C=O) groups is 1. The molecule has 0 spiro atoms. The number of hydrogen-bond acceptors (Lipinski definition) is 3. The van der Waals surface area contributed by atoms with E-state index in [9.17, 15) is 4.79 Å². The summed E-state index contributed by atoms with van der Waals surface area (Å²) in [6, 6.07) is 18.3. The first-order valence-corrected chi connectivity index (χ1v) is 11.0. The molecular weight excluding hydrogens is 360 g/mol. The van der Waals surface area contributed by atoms with Gasteiger partial charge in [0.25, 0.3) is 0 Å².